The second-order valence-corrected chi connectivity index (χ2v) is 10.1. The number of benzene rings is 3. The van der Waals surface area contributed by atoms with E-state index in [-0.39, 0.29) is 11.4 Å². The van der Waals surface area contributed by atoms with Crippen molar-refractivity contribution in [1.82, 2.24) is 0 Å². The quantitative estimate of drug-likeness (QED) is 0.113. The molecule has 208 valence electrons. The van der Waals surface area contributed by atoms with E-state index in [9.17, 15) is 19.7 Å². The number of non-ortho nitro benzene ring substituents is 1. The van der Waals surface area contributed by atoms with Crippen LogP contribution in [-0.2, 0) is 14.4 Å². The van der Waals surface area contributed by atoms with Gasteiger partial charge in [0.05, 0.1) is 28.9 Å². The van der Waals surface area contributed by atoms with E-state index in [1.807, 2.05) is 54.6 Å². The highest BCUT2D eigenvalue weighted by atomic mass is 16.7. The van der Waals surface area contributed by atoms with Gasteiger partial charge in [0.2, 0.25) is 5.91 Å². The molecule has 0 aliphatic carbocycles. The van der Waals surface area contributed by atoms with Crippen LogP contribution < -0.4 is 14.7 Å². The number of amides is 2. The zero-order chi connectivity index (χ0) is 28.1. The zero-order valence-corrected chi connectivity index (χ0v) is 22.5. The third-order valence-corrected chi connectivity index (χ3v) is 7.43. The van der Waals surface area contributed by atoms with Crippen LogP contribution in [-0.4, -0.2) is 29.4 Å². The van der Waals surface area contributed by atoms with Gasteiger partial charge in [0.1, 0.15) is 11.7 Å². The fourth-order valence-corrected chi connectivity index (χ4v) is 5.36. The van der Waals surface area contributed by atoms with Gasteiger partial charge in [0.25, 0.3) is 11.6 Å². The third kappa shape index (κ3) is 5.56. The molecule has 0 radical (unpaired) electrons. The summed E-state index contributed by atoms with van der Waals surface area (Å²) in [5.41, 5.74) is 1.70. The SMILES string of the molecule is CCCCCCCCOc1ccc([C@@H]2[C@H]3C(=O)N(c4ccc([N+](=O)[O-])cc4)C(=O)[C@H]3ON2c2ccccc2)cc1. The molecule has 0 bridgehead atoms. The molecule has 2 fully saturated rings. The normalized spacial score (nSPS) is 20.2. The first kappa shape index (κ1) is 27.3. The molecule has 3 aromatic carbocycles. The number of carbonyl (C=O) groups is 2. The average Bonchev–Trinajstić information content (AvgIpc) is 3.49. The Balaban J connectivity index is 1.35. The highest BCUT2D eigenvalue weighted by Gasteiger charge is 2.60. The minimum absolute atomic E-state index is 0.119. The Kier molecular flexibility index (Phi) is 8.40. The number of para-hydroxylation sites is 1. The van der Waals surface area contributed by atoms with Crippen molar-refractivity contribution in [3.05, 3.63) is 94.5 Å². The van der Waals surface area contributed by atoms with Crippen LogP contribution in [0.25, 0.3) is 0 Å². The van der Waals surface area contributed by atoms with Crippen LogP contribution in [0.3, 0.4) is 0 Å². The summed E-state index contributed by atoms with van der Waals surface area (Å²) in [4.78, 5) is 45.0. The molecule has 0 spiro atoms. The van der Waals surface area contributed by atoms with Gasteiger partial charge in [-0.1, -0.05) is 69.4 Å². The van der Waals surface area contributed by atoms with Gasteiger partial charge in [-0.3, -0.25) is 24.5 Å². The van der Waals surface area contributed by atoms with Crippen molar-refractivity contribution in [1.29, 1.82) is 0 Å². The Morgan fingerprint density at radius 3 is 2.17 bits per heavy atom. The molecule has 3 aromatic rings. The Hall–Kier alpha value is -4.24. The number of nitrogens with zero attached hydrogens (tertiary/aromatic N) is 3. The van der Waals surface area contributed by atoms with Gasteiger partial charge >= 0.3 is 0 Å². The number of carbonyl (C=O) groups excluding carboxylic acids is 2. The minimum Gasteiger partial charge on any atom is -0.494 e. The van der Waals surface area contributed by atoms with E-state index in [1.165, 1.54) is 49.9 Å². The van der Waals surface area contributed by atoms with Crippen LogP contribution >= 0.6 is 0 Å². The molecule has 2 amide bonds. The van der Waals surface area contributed by atoms with Crippen LogP contribution in [0.5, 0.6) is 5.75 Å². The Morgan fingerprint density at radius 2 is 1.50 bits per heavy atom. The molecular weight excluding hydrogens is 510 g/mol. The maximum atomic E-state index is 13.8. The van der Waals surface area contributed by atoms with Crippen molar-refractivity contribution in [3.63, 3.8) is 0 Å². The van der Waals surface area contributed by atoms with Crippen molar-refractivity contribution in [2.24, 2.45) is 5.92 Å². The third-order valence-electron chi connectivity index (χ3n) is 7.43. The molecule has 2 aliphatic heterocycles. The van der Waals surface area contributed by atoms with Gasteiger partial charge in [-0.2, -0.15) is 0 Å². The van der Waals surface area contributed by atoms with Crippen molar-refractivity contribution < 1.29 is 24.1 Å². The second-order valence-electron chi connectivity index (χ2n) is 10.1. The second kappa shape index (κ2) is 12.3. The lowest BCUT2D eigenvalue weighted by atomic mass is 9.90. The number of hydrogen-bond acceptors (Lipinski definition) is 7. The van der Waals surface area contributed by atoms with Crippen molar-refractivity contribution in [3.8, 4) is 5.75 Å². The average molecular weight is 544 g/mol. The summed E-state index contributed by atoms with van der Waals surface area (Å²) < 4.78 is 5.95. The summed E-state index contributed by atoms with van der Waals surface area (Å²) in [6, 6.07) is 21.8. The number of anilines is 2. The summed E-state index contributed by atoms with van der Waals surface area (Å²) in [7, 11) is 0. The lowest BCUT2D eigenvalue weighted by Gasteiger charge is -2.28. The van der Waals surface area contributed by atoms with E-state index in [0.717, 1.165) is 34.7 Å². The molecular formula is C31H33N3O6. The Morgan fingerprint density at radius 1 is 0.825 bits per heavy atom. The maximum absolute atomic E-state index is 13.8. The van der Waals surface area contributed by atoms with E-state index in [0.29, 0.717) is 6.61 Å². The first-order chi connectivity index (χ1) is 19.5. The molecule has 2 saturated heterocycles. The number of fused-ring (bicyclic) bond motifs is 1. The summed E-state index contributed by atoms with van der Waals surface area (Å²) in [5, 5.41) is 12.7. The van der Waals surface area contributed by atoms with Crippen LogP contribution in [0, 0.1) is 16.0 Å². The largest absolute Gasteiger partial charge is 0.494 e. The molecule has 9 heteroatoms. The maximum Gasteiger partial charge on any atom is 0.269 e. The van der Waals surface area contributed by atoms with Crippen LogP contribution in [0.1, 0.15) is 57.1 Å². The molecule has 2 aliphatic rings. The molecule has 0 N–H and O–H groups in total. The van der Waals surface area contributed by atoms with Crippen molar-refractivity contribution >= 4 is 28.9 Å². The van der Waals surface area contributed by atoms with E-state index >= 15 is 0 Å². The molecule has 5 rings (SSSR count). The summed E-state index contributed by atoms with van der Waals surface area (Å²) in [5.74, 6) is -0.944. The highest BCUT2D eigenvalue weighted by Crippen LogP contribution is 2.47. The van der Waals surface area contributed by atoms with Gasteiger partial charge in [0.15, 0.2) is 6.10 Å². The number of nitro groups is 1. The van der Waals surface area contributed by atoms with E-state index in [1.54, 1.807) is 5.06 Å². The lowest BCUT2D eigenvalue weighted by Crippen LogP contribution is -2.37. The summed E-state index contributed by atoms with van der Waals surface area (Å²) in [6.07, 6.45) is 6.12. The molecule has 3 atom stereocenters. The Bertz CT molecular complexity index is 1330. The topological polar surface area (TPSA) is 102 Å². The van der Waals surface area contributed by atoms with Crippen molar-refractivity contribution in [2.75, 3.05) is 16.6 Å². The highest BCUT2D eigenvalue weighted by molar-refractivity contribution is 6.24. The summed E-state index contributed by atoms with van der Waals surface area (Å²) >= 11 is 0. The monoisotopic (exact) mass is 543 g/mol. The fourth-order valence-electron chi connectivity index (χ4n) is 5.36. The predicted octanol–water partition coefficient (Wildman–Crippen LogP) is 6.39. The van der Waals surface area contributed by atoms with Gasteiger partial charge in [0, 0.05) is 12.1 Å². The number of nitro benzene ring substituents is 1. The Labute approximate surface area is 233 Å². The number of ether oxygens (including phenoxy) is 1. The number of imide groups is 1. The van der Waals surface area contributed by atoms with Gasteiger partial charge < -0.3 is 4.74 Å². The first-order valence-corrected chi connectivity index (χ1v) is 13.9. The number of rotatable bonds is 12. The fraction of sp³-hybridized carbons (Fsp3) is 0.355. The number of hydrogen-bond donors (Lipinski definition) is 0. The minimum atomic E-state index is -1.02. The van der Waals surface area contributed by atoms with Crippen LogP contribution in [0.4, 0.5) is 17.1 Å². The van der Waals surface area contributed by atoms with Crippen LogP contribution in [0.15, 0.2) is 78.9 Å². The van der Waals surface area contributed by atoms with E-state index in [2.05, 4.69) is 6.92 Å². The van der Waals surface area contributed by atoms with E-state index in [4.69, 9.17) is 9.57 Å². The molecule has 0 aromatic heterocycles. The zero-order valence-electron chi connectivity index (χ0n) is 22.5. The number of hydroxylamine groups is 1. The lowest BCUT2D eigenvalue weighted by molar-refractivity contribution is -0.384. The van der Waals surface area contributed by atoms with Crippen LogP contribution in [0.2, 0.25) is 0 Å². The van der Waals surface area contributed by atoms with Gasteiger partial charge in [-0.05, 0) is 48.4 Å². The molecule has 0 unspecified atom stereocenters. The van der Waals surface area contributed by atoms with E-state index < -0.39 is 34.8 Å². The smallest absolute Gasteiger partial charge is 0.269 e. The van der Waals surface area contributed by atoms with Gasteiger partial charge in [-0.25, -0.2) is 9.96 Å². The molecule has 40 heavy (non-hydrogen) atoms. The van der Waals surface area contributed by atoms with Crippen molar-refractivity contribution in [2.45, 2.75) is 57.6 Å². The standard InChI is InChI=1S/C31H33N3O6/c1-2-3-4-5-6-10-21-39-26-19-13-22(14-20-26)28-27-29(40-33(28)24-11-8-7-9-12-24)31(36)32(30(27)35)23-15-17-25(18-16-23)34(37)38/h7-9,11-20,27-29H,2-6,10,21H2,1H3/t27-,28-,29+/m1/s1. The summed E-state index contributed by atoms with van der Waals surface area (Å²) in [6.45, 7) is 2.86. The first-order valence-electron chi connectivity index (χ1n) is 13.9. The van der Waals surface area contributed by atoms with Gasteiger partial charge in [-0.15, -0.1) is 0 Å². The molecule has 2 heterocycles. The number of unbranched alkanes of at least 4 members (excludes halogenated alkanes) is 5. The predicted molar refractivity (Wildman–Crippen MR) is 151 cm³/mol. The molecule has 0 saturated carbocycles. The molecule has 9 nitrogen and oxygen atoms in total.